The topological polar surface area (TPSA) is 47.3 Å². The van der Waals surface area contributed by atoms with Gasteiger partial charge in [0.25, 0.3) is 0 Å². The van der Waals surface area contributed by atoms with Crippen LogP contribution in [-0.4, -0.2) is 19.3 Å². The van der Waals surface area contributed by atoms with E-state index in [1.807, 2.05) is 0 Å². The molecule has 3 heteroatoms. The molecule has 0 aromatic rings. The Morgan fingerprint density at radius 2 is 2.50 bits per heavy atom. The molecule has 1 saturated heterocycles. The molecule has 1 aliphatic rings. The third kappa shape index (κ3) is 1.43. The Morgan fingerprint density at radius 1 is 1.62 bits per heavy atom. The Balaban J connectivity index is 2.13. The summed E-state index contributed by atoms with van der Waals surface area (Å²) in [6, 6.07) is 0.392. The van der Waals surface area contributed by atoms with E-state index in [0.29, 0.717) is 6.04 Å². The van der Waals surface area contributed by atoms with Crippen molar-refractivity contribution in [1.29, 1.82) is 0 Å². The summed E-state index contributed by atoms with van der Waals surface area (Å²) in [6.07, 6.45) is 2.28. The highest BCUT2D eigenvalue weighted by atomic mass is 16.5. The number of nitrogens with two attached hydrogens (primary N) is 1. The molecule has 1 aliphatic heterocycles. The van der Waals surface area contributed by atoms with Gasteiger partial charge in [-0.15, -0.1) is 0 Å². The summed E-state index contributed by atoms with van der Waals surface area (Å²) >= 11 is 0. The first-order chi connectivity index (χ1) is 3.93. The van der Waals surface area contributed by atoms with Crippen LogP contribution in [-0.2, 0) is 4.74 Å². The van der Waals surface area contributed by atoms with Crippen molar-refractivity contribution in [3.8, 4) is 0 Å². The number of rotatable bonds is 1. The Hall–Kier alpha value is -0.120. The second-order valence-corrected chi connectivity index (χ2v) is 2.08. The van der Waals surface area contributed by atoms with E-state index in [9.17, 15) is 0 Å². The number of ether oxygens (including phenoxy) is 1. The number of nitrogens with one attached hydrogen (secondary N) is 1. The average Bonchev–Trinajstić information content (AvgIpc) is 1.90. The van der Waals surface area contributed by atoms with Gasteiger partial charge in [0.05, 0.1) is 6.61 Å². The largest absolute Gasteiger partial charge is 0.380 e. The predicted molar refractivity (Wildman–Crippen MR) is 31.2 cm³/mol. The van der Waals surface area contributed by atoms with Crippen molar-refractivity contribution < 1.29 is 4.74 Å². The van der Waals surface area contributed by atoms with Crippen LogP contribution >= 0.6 is 0 Å². The number of hydrazine groups is 1. The molecule has 1 heterocycles. The molecule has 0 amide bonds. The van der Waals surface area contributed by atoms with Crippen molar-refractivity contribution in [3.63, 3.8) is 0 Å². The third-order valence-electron chi connectivity index (χ3n) is 1.40. The first-order valence-electron chi connectivity index (χ1n) is 2.97. The smallest absolute Gasteiger partial charge is 0.0633 e. The SMILES string of the molecule is NN[C@H]1CCCOC1. The fourth-order valence-corrected chi connectivity index (χ4v) is 0.872. The minimum atomic E-state index is 0.392. The number of hydrogen-bond acceptors (Lipinski definition) is 3. The summed E-state index contributed by atoms with van der Waals surface area (Å²) in [6.45, 7) is 1.68. The van der Waals surface area contributed by atoms with E-state index in [4.69, 9.17) is 10.6 Å². The molecule has 8 heavy (non-hydrogen) atoms. The zero-order chi connectivity index (χ0) is 5.82. The van der Waals surface area contributed by atoms with Crippen LogP contribution in [0.2, 0.25) is 0 Å². The van der Waals surface area contributed by atoms with Gasteiger partial charge in [-0.1, -0.05) is 0 Å². The fourth-order valence-electron chi connectivity index (χ4n) is 0.872. The van der Waals surface area contributed by atoms with E-state index >= 15 is 0 Å². The van der Waals surface area contributed by atoms with Gasteiger partial charge in [-0.05, 0) is 12.8 Å². The lowest BCUT2D eigenvalue weighted by molar-refractivity contribution is 0.0706. The van der Waals surface area contributed by atoms with Crippen molar-refractivity contribution in [1.82, 2.24) is 5.43 Å². The van der Waals surface area contributed by atoms with E-state index in [1.54, 1.807) is 0 Å². The van der Waals surface area contributed by atoms with Gasteiger partial charge in [0, 0.05) is 12.6 Å². The third-order valence-corrected chi connectivity index (χ3v) is 1.40. The molecule has 1 rings (SSSR count). The quantitative estimate of drug-likeness (QED) is 0.363. The van der Waals surface area contributed by atoms with Crippen LogP contribution in [0, 0.1) is 0 Å². The average molecular weight is 116 g/mol. The summed E-state index contributed by atoms with van der Waals surface area (Å²) in [5.41, 5.74) is 2.68. The van der Waals surface area contributed by atoms with Gasteiger partial charge in [-0.2, -0.15) is 0 Å². The molecule has 0 radical (unpaired) electrons. The van der Waals surface area contributed by atoms with Crippen molar-refractivity contribution in [2.24, 2.45) is 5.84 Å². The van der Waals surface area contributed by atoms with Crippen molar-refractivity contribution in [2.45, 2.75) is 18.9 Å². The Morgan fingerprint density at radius 3 is 2.88 bits per heavy atom. The molecule has 0 aromatic carbocycles. The lowest BCUT2D eigenvalue weighted by Crippen LogP contribution is -2.40. The summed E-state index contributed by atoms with van der Waals surface area (Å²) < 4.78 is 5.13. The maximum absolute atomic E-state index is 5.17. The monoisotopic (exact) mass is 116 g/mol. The Kier molecular flexibility index (Phi) is 2.27. The van der Waals surface area contributed by atoms with E-state index in [0.717, 1.165) is 26.1 Å². The molecule has 3 N–H and O–H groups in total. The van der Waals surface area contributed by atoms with Crippen LogP contribution in [0.15, 0.2) is 0 Å². The lowest BCUT2D eigenvalue weighted by Gasteiger charge is -2.20. The van der Waals surface area contributed by atoms with Crippen molar-refractivity contribution >= 4 is 0 Å². The molecule has 0 aliphatic carbocycles. The van der Waals surface area contributed by atoms with Crippen LogP contribution in [0.5, 0.6) is 0 Å². The second-order valence-electron chi connectivity index (χ2n) is 2.08. The molecule has 3 nitrogen and oxygen atoms in total. The van der Waals surface area contributed by atoms with Crippen LogP contribution in [0.25, 0.3) is 0 Å². The first kappa shape index (κ1) is 6.01. The van der Waals surface area contributed by atoms with Gasteiger partial charge in [0.1, 0.15) is 0 Å². The Labute approximate surface area is 49.2 Å². The molecule has 0 unspecified atom stereocenters. The van der Waals surface area contributed by atoms with E-state index < -0.39 is 0 Å². The van der Waals surface area contributed by atoms with Crippen LogP contribution in [0.4, 0.5) is 0 Å². The van der Waals surface area contributed by atoms with Gasteiger partial charge >= 0.3 is 0 Å². The standard InChI is InChI=1S/C5H12N2O/c6-7-5-2-1-3-8-4-5/h5,7H,1-4,6H2/t5-/m0/s1. The van der Waals surface area contributed by atoms with Gasteiger partial charge in [0.15, 0.2) is 0 Å². The van der Waals surface area contributed by atoms with E-state index in [2.05, 4.69) is 5.43 Å². The normalized spacial score (nSPS) is 30.4. The molecule has 1 atom stereocenters. The predicted octanol–water partition coefficient (Wildman–Crippen LogP) is -0.371. The highest BCUT2D eigenvalue weighted by molar-refractivity contribution is 4.65. The number of hydrogen-bond donors (Lipinski definition) is 2. The molecule has 0 spiro atoms. The van der Waals surface area contributed by atoms with E-state index in [1.165, 1.54) is 0 Å². The van der Waals surface area contributed by atoms with Crippen LogP contribution < -0.4 is 11.3 Å². The molecular weight excluding hydrogens is 104 g/mol. The molecular formula is C5H12N2O. The zero-order valence-corrected chi connectivity index (χ0v) is 4.89. The highest BCUT2D eigenvalue weighted by Crippen LogP contribution is 2.03. The summed E-state index contributed by atoms with van der Waals surface area (Å²) in [4.78, 5) is 0. The minimum Gasteiger partial charge on any atom is -0.380 e. The van der Waals surface area contributed by atoms with Gasteiger partial charge in [-0.3, -0.25) is 11.3 Å². The maximum atomic E-state index is 5.17. The summed E-state index contributed by atoms with van der Waals surface area (Å²) in [7, 11) is 0. The molecule has 1 fully saturated rings. The lowest BCUT2D eigenvalue weighted by atomic mass is 10.1. The van der Waals surface area contributed by atoms with E-state index in [-0.39, 0.29) is 0 Å². The molecule has 0 saturated carbocycles. The van der Waals surface area contributed by atoms with Crippen LogP contribution in [0.1, 0.15) is 12.8 Å². The summed E-state index contributed by atoms with van der Waals surface area (Å²) in [5, 5.41) is 0. The fraction of sp³-hybridized carbons (Fsp3) is 1.00. The van der Waals surface area contributed by atoms with Gasteiger partial charge in [0.2, 0.25) is 0 Å². The zero-order valence-electron chi connectivity index (χ0n) is 4.89. The maximum Gasteiger partial charge on any atom is 0.0633 e. The minimum absolute atomic E-state index is 0.392. The highest BCUT2D eigenvalue weighted by Gasteiger charge is 2.10. The van der Waals surface area contributed by atoms with Crippen molar-refractivity contribution in [3.05, 3.63) is 0 Å². The van der Waals surface area contributed by atoms with Crippen molar-refractivity contribution in [2.75, 3.05) is 13.2 Å². The molecule has 0 aromatic heterocycles. The van der Waals surface area contributed by atoms with Gasteiger partial charge in [-0.25, -0.2) is 0 Å². The first-order valence-corrected chi connectivity index (χ1v) is 2.97. The van der Waals surface area contributed by atoms with Crippen LogP contribution in [0.3, 0.4) is 0 Å². The summed E-state index contributed by atoms with van der Waals surface area (Å²) in [5.74, 6) is 5.17. The second kappa shape index (κ2) is 3.02. The Bertz CT molecular complexity index is 61.4. The van der Waals surface area contributed by atoms with Gasteiger partial charge < -0.3 is 4.74 Å². The molecule has 0 bridgehead atoms. The molecule has 48 valence electrons.